The van der Waals surface area contributed by atoms with Crippen molar-refractivity contribution in [2.75, 3.05) is 0 Å². The van der Waals surface area contributed by atoms with Gasteiger partial charge in [0.2, 0.25) is 11.8 Å². The lowest BCUT2D eigenvalue weighted by Gasteiger charge is -2.27. The molecule has 0 saturated carbocycles. The van der Waals surface area contributed by atoms with Crippen molar-refractivity contribution in [2.24, 2.45) is 5.41 Å². The number of hydrogen-bond acceptors (Lipinski definition) is 4. The minimum absolute atomic E-state index is 0.0304. The third-order valence-corrected chi connectivity index (χ3v) is 4.22. The van der Waals surface area contributed by atoms with Crippen molar-refractivity contribution >= 4 is 5.91 Å². The molecule has 2 rings (SSSR count). The van der Waals surface area contributed by atoms with Gasteiger partial charge in [-0.25, -0.2) is 4.39 Å². The van der Waals surface area contributed by atoms with Gasteiger partial charge in [0.25, 0.3) is 0 Å². The van der Waals surface area contributed by atoms with Crippen molar-refractivity contribution < 1.29 is 13.7 Å². The van der Waals surface area contributed by atoms with E-state index in [1.54, 1.807) is 12.1 Å². The van der Waals surface area contributed by atoms with E-state index in [-0.39, 0.29) is 29.1 Å². The number of rotatable bonds is 8. The van der Waals surface area contributed by atoms with Crippen LogP contribution in [0.1, 0.15) is 83.1 Å². The van der Waals surface area contributed by atoms with Crippen LogP contribution in [0.5, 0.6) is 0 Å². The first-order valence-electron chi connectivity index (χ1n) is 9.51. The summed E-state index contributed by atoms with van der Waals surface area (Å²) in [5, 5.41) is 7.02. The van der Waals surface area contributed by atoms with E-state index in [1.165, 1.54) is 12.1 Å². The van der Waals surface area contributed by atoms with Crippen molar-refractivity contribution in [1.82, 2.24) is 15.5 Å². The van der Waals surface area contributed by atoms with E-state index in [4.69, 9.17) is 4.52 Å². The van der Waals surface area contributed by atoms with Gasteiger partial charge in [-0.15, -0.1) is 0 Å². The van der Waals surface area contributed by atoms with Gasteiger partial charge in [0.15, 0.2) is 5.82 Å². The fraction of sp³-hybridized carbons (Fsp3) is 0.571. The number of aromatic nitrogens is 2. The van der Waals surface area contributed by atoms with Crippen molar-refractivity contribution in [2.45, 2.75) is 72.3 Å². The van der Waals surface area contributed by atoms with Crippen molar-refractivity contribution in [3.8, 4) is 0 Å². The molecule has 6 heteroatoms. The number of carbonyl (C=O) groups excluding carboxylic acids is 1. The van der Waals surface area contributed by atoms with E-state index in [1.807, 2.05) is 13.8 Å². The Labute approximate surface area is 160 Å². The van der Waals surface area contributed by atoms with Crippen molar-refractivity contribution in [3.63, 3.8) is 0 Å². The number of halogens is 1. The van der Waals surface area contributed by atoms with Crippen LogP contribution in [0.15, 0.2) is 28.8 Å². The van der Waals surface area contributed by atoms with E-state index in [0.717, 1.165) is 12.0 Å². The molecule has 1 heterocycles. The zero-order chi connectivity index (χ0) is 20.0. The van der Waals surface area contributed by atoms with Gasteiger partial charge in [-0.05, 0) is 36.0 Å². The Morgan fingerprint density at radius 3 is 2.44 bits per heavy atom. The second-order valence-electron chi connectivity index (χ2n) is 8.49. The zero-order valence-corrected chi connectivity index (χ0v) is 16.9. The summed E-state index contributed by atoms with van der Waals surface area (Å²) in [5.41, 5.74) is 0.946. The van der Waals surface area contributed by atoms with Crippen LogP contribution in [0.3, 0.4) is 0 Å². The molecule has 0 spiro atoms. The summed E-state index contributed by atoms with van der Waals surface area (Å²) in [7, 11) is 0. The highest BCUT2D eigenvalue weighted by Gasteiger charge is 2.22. The molecule has 1 atom stereocenters. The fourth-order valence-electron chi connectivity index (χ4n) is 2.83. The van der Waals surface area contributed by atoms with Gasteiger partial charge in [-0.1, -0.05) is 51.9 Å². The van der Waals surface area contributed by atoms with Gasteiger partial charge in [0.1, 0.15) is 5.82 Å². The SMILES string of the molecule is CC(C)c1noc(CCCC(=O)NC(CC(C)(C)C)c2ccc(F)cc2)n1. The Balaban J connectivity index is 1.91. The minimum Gasteiger partial charge on any atom is -0.349 e. The molecule has 0 fully saturated rings. The fourth-order valence-corrected chi connectivity index (χ4v) is 2.83. The maximum Gasteiger partial charge on any atom is 0.226 e. The first-order chi connectivity index (χ1) is 12.6. The van der Waals surface area contributed by atoms with Gasteiger partial charge in [-0.3, -0.25) is 4.79 Å². The smallest absolute Gasteiger partial charge is 0.226 e. The summed E-state index contributed by atoms with van der Waals surface area (Å²) in [6, 6.07) is 6.18. The summed E-state index contributed by atoms with van der Waals surface area (Å²) in [5.74, 6) is 1.17. The molecule has 1 aromatic heterocycles. The van der Waals surface area contributed by atoms with Gasteiger partial charge in [0, 0.05) is 18.8 Å². The molecular formula is C21H30FN3O2. The molecule has 27 heavy (non-hydrogen) atoms. The summed E-state index contributed by atoms with van der Waals surface area (Å²) in [6.45, 7) is 10.4. The molecule has 0 saturated heterocycles. The Hall–Kier alpha value is -2.24. The van der Waals surface area contributed by atoms with Crippen LogP contribution >= 0.6 is 0 Å². The summed E-state index contributed by atoms with van der Waals surface area (Å²) in [4.78, 5) is 16.8. The van der Waals surface area contributed by atoms with E-state index in [0.29, 0.717) is 31.0 Å². The third kappa shape index (κ3) is 7.12. The monoisotopic (exact) mass is 375 g/mol. The summed E-state index contributed by atoms with van der Waals surface area (Å²) < 4.78 is 18.4. The lowest BCUT2D eigenvalue weighted by molar-refractivity contribution is -0.122. The lowest BCUT2D eigenvalue weighted by atomic mass is 9.85. The summed E-state index contributed by atoms with van der Waals surface area (Å²) >= 11 is 0. The molecule has 0 aliphatic heterocycles. The second-order valence-corrected chi connectivity index (χ2v) is 8.49. The first kappa shape index (κ1) is 21.1. The maximum atomic E-state index is 13.2. The average Bonchev–Trinajstić information content (AvgIpc) is 3.03. The Bertz CT molecular complexity index is 733. The van der Waals surface area contributed by atoms with Gasteiger partial charge in [-0.2, -0.15) is 4.98 Å². The topological polar surface area (TPSA) is 68.0 Å². The quantitative estimate of drug-likeness (QED) is 0.709. The highest BCUT2D eigenvalue weighted by molar-refractivity contribution is 5.76. The number of nitrogens with one attached hydrogen (secondary N) is 1. The molecular weight excluding hydrogens is 345 g/mol. The Kier molecular flexibility index (Phi) is 7.11. The lowest BCUT2D eigenvalue weighted by Crippen LogP contribution is -2.31. The molecule has 0 bridgehead atoms. The average molecular weight is 375 g/mol. The highest BCUT2D eigenvalue weighted by atomic mass is 19.1. The molecule has 1 unspecified atom stereocenters. The number of amides is 1. The first-order valence-corrected chi connectivity index (χ1v) is 9.51. The maximum absolute atomic E-state index is 13.2. The molecule has 2 aromatic rings. The number of aryl methyl sites for hydroxylation is 1. The van der Waals surface area contributed by atoms with Crippen molar-refractivity contribution in [1.29, 1.82) is 0 Å². The zero-order valence-electron chi connectivity index (χ0n) is 16.9. The van der Waals surface area contributed by atoms with Gasteiger partial charge in [0.05, 0.1) is 6.04 Å². The molecule has 5 nitrogen and oxygen atoms in total. The van der Waals surface area contributed by atoms with Crippen LogP contribution in [-0.2, 0) is 11.2 Å². The molecule has 148 valence electrons. The van der Waals surface area contributed by atoms with Crippen LogP contribution in [0.4, 0.5) is 4.39 Å². The molecule has 1 amide bonds. The molecule has 1 aromatic carbocycles. The number of carbonyl (C=O) groups is 1. The highest BCUT2D eigenvalue weighted by Crippen LogP contribution is 2.29. The number of nitrogens with zero attached hydrogens (tertiary/aromatic N) is 2. The van der Waals surface area contributed by atoms with E-state index >= 15 is 0 Å². The second kappa shape index (κ2) is 9.11. The number of benzene rings is 1. The largest absolute Gasteiger partial charge is 0.349 e. The van der Waals surface area contributed by atoms with Crippen LogP contribution in [0, 0.1) is 11.2 Å². The molecule has 0 radical (unpaired) electrons. The van der Waals surface area contributed by atoms with E-state index in [9.17, 15) is 9.18 Å². The van der Waals surface area contributed by atoms with Crippen molar-refractivity contribution in [3.05, 3.63) is 47.4 Å². The molecule has 0 aliphatic rings. The molecule has 1 N–H and O–H groups in total. The van der Waals surface area contributed by atoms with Gasteiger partial charge < -0.3 is 9.84 Å². The number of hydrogen-bond donors (Lipinski definition) is 1. The van der Waals surface area contributed by atoms with E-state index < -0.39 is 0 Å². The predicted octanol–water partition coefficient (Wildman–Crippen LogP) is 4.95. The van der Waals surface area contributed by atoms with Crippen LogP contribution in [0.25, 0.3) is 0 Å². The van der Waals surface area contributed by atoms with E-state index in [2.05, 4.69) is 36.2 Å². The molecule has 0 aliphatic carbocycles. The van der Waals surface area contributed by atoms with Crippen LogP contribution in [-0.4, -0.2) is 16.0 Å². The Morgan fingerprint density at radius 2 is 1.89 bits per heavy atom. The summed E-state index contributed by atoms with van der Waals surface area (Å²) in [6.07, 6.45) is 2.36. The normalized spacial score (nSPS) is 13.0. The van der Waals surface area contributed by atoms with Crippen LogP contribution in [0.2, 0.25) is 0 Å². The minimum atomic E-state index is -0.278. The third-order valence-electron chi connectivity index (χ3n) is 4.22. The van der Waals surface area contributed by atoms with Crippen LogP contribution < -0.4 is 5.32 Å². The Morgan fingerprint density at radius 1 is 1.22 bits per heavy atom. The predicted molar refractivity (Wildman–Crippen MR) is 103 cm³/mol. The standard InChI is InChI=1S/C21H30FN3O2/c1-14(2)20-24-19(27-25-20)8-6-7-18(26)23-17(13-21(3,4)5)15-9-11-16(22)12-10-15/h9-12,14,17H,6-8,13H2,1-5H3,(H,23,26). The van der Waals surface area contributed by atoms with Gasteiger partial charge >= 0.3 is 0 Å².